The average Bonchev–Trinajstić information content (AvgIpc) is 3.10. The Hall–Kier alpha value is -1.62. The predicted molar refractivity (Wildman–Crippen MR) is 74.8 cm³/mol. The fourth-order valence-corrected chi connectivity index (χ4v) is 2.21. The standard InChI is InChI=1S/C13H16N2O2S/c1-8-7-9(3-4-10(8)17-2)15-12(16)13(5-6-13)11(14)18/h3-4,7H,5-6H2,1-2H3,(H2,14,18)(H,15,16). The lowest BCUT2D eigenvalue weighted by Gasteiger charge is -2.14. The predicted octanol–water partition coefficient (Wildman–Crippen LogP) is 2.01. The molecule has 2 rings (SSSR count). The van der Waals surface area contributed by atoms with Crippen molar-refractivity contribution in [2.24, 2.45) is 11.1 Å². The minimum atomic E-state index is -0.622. The van der Waals surface area contributed by atoms with Gasteiger partial charge in [0.25, 0.3) is 0 Å². The third-order valence-electron chi connectivity index (χ3n) is 3.31. The number of anilines is 1. The molecule has 0 heterocycles. The Morgan fingerprint density at radius 3 is 2.61 bits per heavy atom. The van der Waals surface area contributed by atoms with E-state index in [1.165, 1.54) is 0 Å². The Labute approximate surface area is 112 Å². The van der Waals surface area contributed by atoms with E-state index in [4.69, 9.17) is 22.7 Å². The summed E-state index contributed by atoms with van der Waals surface area (Å²) >= 11 is 4.95. The van der Waals surface area contributed by atoms with Gasteiger partial charge in [0.2, 0.25) is 5.91 Å². The van der Waals surface area contributed by atoms with Crippen LogP contribution in [0.2, 0.25) is 0 Å². The van der Waals surface area contributed by atoms with Gasteiger partial charge in [0.05, 0.1) is 17.5 Å². The lowest BCUT2D eigenvalue weighted by atomic mass is 10.1. The number of nitrogens with one attached hydrogen (secondary N) is 1. The van der Waals surface area contributed by atoms with Crippen molar-refractivity contribution in [3.63, 3.8) is 0 Å². The monoisotopic (exact) mass is 264 g/mol. The zero-order valence-corrected chi connectivity index (χ0v) is 11.3. The second-order valence-corrected chi connectivity index (χ2v) is 5.02. The average molecular weight is 264 g/mol. The molecule has 1 aliphatic rings. The number of carbonyl (C=O) groups excluding carboxylic acids is 1. The maximum Gasteiger partial charge on any atom is 0.237 e. The largest absolute Gasteiger partial charge is 0.496 e. The molecule has 1 saturated carbocycles. The van der Waals surface area contributed by atoms with Gasteiger partial charge in [0, 0.05) is 5.69 Å². The van der Waals surface area contributed by atoms with Crippen LogP contribution < -0.4 is 15.8 Å². The highest BCUT2D eigenvalue weighted by molar-refractivity contribution is 7.80. The van der Waals surface area contributed by atoms with Crippen molar-refractivity contribution in [2.45, 2.75) is 19.8 Å². The summed E-state index contributed by atoms with van der Waals surface area (Å²) in [4.78, 5) is 12.4. The molecule has 0 aromatic heterocycles. The third-order valence-corrected chi connectivity index (χ3v) is 3.70. The maximum atomic E-state index is 12.1. The summed E-state index contributed by atoms with van der Waals surface area (Å²) < 4.78 is 5.17. The highest BCUT2D eigenvalue weighted by Gasteiger charge is 2.52. The molecular formula is C13H16N2O2S. The smallest absolute Gasteiger partial charge is 0.237 e. The fraction of sp³-hybridized carbons (Fsp3) is 0.385. The second kappa shape index (κ2) is 4.57. The van der Waals surface area contributed by atoms with Gasteiger partial charge in [0.15, 0.2) is 0 Å². The van der Waals surface area contributed by atoms with Crippen LogP contribution in [0.25, 0.3) is 0 Å². The van der Waals surface area contributed by atoms with Gasteiger partial charge in [-0.3, -0.25) is 4.79 Å². The Morgan fingerprint density at radius 1 is 1.50 bits per heavy atom. The number of benzene rings is 1. The number of rotatable bonds is 4. The van der Waals surface area contributed by atoms with Crippen LogP contribution in [-0.2, 0) is 4.79 Å². The van der Waals surface area contributed by atoms with E-state index in [2.05, 4.69) is 5.32 Å². The zero-order valence-electron chi connectivity index (χ0n) is 10.4. The van der Waals surface area contributed by atoms with E-state index in [0.717, 1.165) is 29.8 Å². The van der Waals surface area contributed by atoms with Crippen LogP contribution in [-0.4, -0.2) is 18.0 Å². The number of carbonyl (C=O) groups is 1. The molecule has 96 valence electrons. The number of hydrogen-bond acceptors (Lipinski definition) is 3. The molecule has 1 amide bonds. The number of methoxy groups -OCH3 is 1. The molecular weight excluding hydrogens is 248 g/mol. The van der Waals surface area contributed by atoms with Crippen molar-refractivity contribution in [3.8, 4) is 5.75 Å². The van der Waals surface area contributed by atoms with Crippen molar-refractivity contribution in [3.05, 3.63) is 23.8 Å². The molecule has 3 N–H and O–H groups in total. The maximum absolute atomic E-state index is 12.1. The van der Waals surface area contributed by atoms with E-state index in [1.807, 2.05) is 19.1 Å². The molecule has 1 aromatic carbocycles. The van der Waals surface area contributed by atoms with E-state index in [0.29, 0.717) is 0 Å². The number of aryl methyl sites for hydroxylation is 1. The van der Waals surface area contributed by atoms with Crippen molar-refractivity contribution >= 4 is 28.8 Å². The topological polar surface area (TPSA) is 64.3 Å². The van der Waals surface area contributed by atoms with Crippen LogP contribution in [0.3, 0.4) is 0 Å². The molecule has 0 bridgehead atoms. The van der Waals surface area contributed by atoms with E-state index in [9.17, 15) is 4.79 Å². The normalized spacial score (nSPS) is 15.9. The van der Waals surface area contributed by atoms with E-state index in [1.54, 1.807) is 13.2 Å². The van der Waals surface area contributed by atoms with Gasteiger partial charge in [-0.25, -0.2) is 0 Å². The lowest BCUT2D eigenvalue weighted by molar-refractivity contribution is -0.118. The molecule has 0 spiro atoms. The Kier molecular flexibility index (Phi) is 3.26. The minimum absolute atomic E-state index is 0.112. The number of ether oxygens (including phenoxy) is 1. The van der Waals surface area contributed by atoms with Crippen LogP contribution in [0.1, 0.15) is 18.4 Å². The first-order valence-corrected chi connectivity index (χ1v) is 6.16. The van der Waals surface area contributed by atoms with Crippen molar-refractivity contribution in [1.29, 1.82) is 0 Å². The van der Waals surface area contributed by atoms with Gasteiger partial charge < -0.3 is 15.8 Å². The first-order chi connectivity index (χ1) is 8.49. The van der Waals surface area contributed by atoms with Crippen LogP contribution in [0.4, 0.5) is 5.69 Å². The van der Waals surface area contributed by atoms with Gasteiger partial charge in [-0.2, -0.15) is 0 Å². The van der Waals surface area contributed by atoms with Gasteiger partial charge in [-0.15, -0.1) is 0 Å². The highest BCUT2D eigenvalue weighted by Crippen LogP contribution is 2.46. The van der Waals surface area contributed by atoms with E-state index >= 15 is 0 Å². The molecule has 18 heavy (non-hydrogen) atoms. The lowest BCUT2D eigenvalue weighted by Crippen LogP contribution is -2.35. The number of thiocarbonyl (C=S) groups is 1. The molecule has 4 nitrogen and oxygen atoms in total. The molecule has 1 fully saturated rings. The third kappa shape index (κ3) is 2.18. The van der Waals surface area contributed by atoms with Crippen molar-refractivity contribution in [1.82, 2.24) is 0 Å². The molecule has 5 heteroatoms. The summed E-state index contributed by atoms with van der Waals surface area (Å²) in [6, 6.07) is 5.50. The fourth-order valence-electron chi connectivity index (χ4n) is 1.92. The molecule has 0 unspecified atom stereocenters. The summed E-state index contributed by atoms with van der Waals surface area (Å²) in [7, 11) is 1.62. The first-order valence-electron chi connectivity index (χ1n) is 5.75. The summed E-state index contributed by atoms with van der Waals surface area (Å²) in [6.45, 7) is 1.93. The van der Waals surface area contributed by atoms with E-state index < -0.39 is 5.41 Å². The van der Waals surface area contributed by atoms with Crippen LogP contribution in [0.15, 0.2) is 18.2 Å². The summed E-state index contributed by atoms with van der Waals surface area (Å²) in [5.74, 6) is 0.683. The first kappa shape index (κ1) is 12.8. The van der Waals surface area contributed by atoms with Gasteiger partial charge in [-0.05, 0) is 43.5 Å². The molecule has 1 aliphatic carbocycles. The Morgan fingerprint density at radius 2 is 2.17 bits per heavy atom. The molecule has 0 saturated heterocycles. The summed E-state index contributed by atoms with van der Waals surface area (Å²) in [5.41, 5.74) is 6.70. The highest BCUT2D eigenvalue weighted by atomic mass is 32.1. The quantitative estimate of drug-likeness (QED) is 0.817. The molecule has 1 aromatic rings. The van der Waals surface area contributed by atoms with Crippen LogP contribution in [0.5, 0.6) is 5.75 Å². The van der Waals surface area contributed by atoms with Gasteiger partial charge >= 0.3 is 0 Å². The molecule has 0 aliphatic heterocycles. The van der Waals surface area contributed by atoms with Crippen molar-refractivity contribution in [2.75, 3.05) is 12.4 Å². The molecule has 0 atom stereocenters. The number of nitrogens with two attached hydrogens (primary N) is 1. The van der Waals surface area contributed by atoms with Crippen molar-refractivity contribution < 1.29 is 9.53 Å². The Bertz CT molecular complexity index is 510. The zero-order chi connectivity index (χ0) is 13.3. The number of amides is 1. The van der Waals surface area contributed by atoms with Gasteiger partial charge in [0.1, 0.15) is 5.75 Å². The Balaban J connectivity index is 2.13. The minimum Gasteiger partial charge on any atom is -0.496 e. The SMILES string of the molecule is COc1ccc(NC(=O)C2(C(N)=S)CC2)cc1C. The van der Waals surface area contributed by atoms with E-state index in [-0.39, 0.29) is 10.9 Å². The number of hydrogen-bond donors (Lipinski definition) is 2. The van der Waals surface area contributed by atoms with Crippen LogP contribution in [0, 0.1) is 12.3 Å². The summed E-state index contributed by atoms with van der Waals surface area (Å²) in [6.07, 6.45) is 1.48. The van der Waals surface area contributed by atoms with Crippen LogP contribution >= 0.6 is 12.2 Å². The van der Waals surface area contributed by atoms with Gasteiger partial charge in [-0.1, -0.05) is 12.2 Å². The molecule has 0 radical (unpaired) electrons. The second-order valence-electron chi connectivity index (χ2n) is 4.58. The summed E-state index contributed by atoms with van der Waals surface area (Å²) in [5, 5.41) is 2.86.